The number of halogens is 3. The molecule has 2 atom stereocenters. The zero-order valence-electron chi connectivity index (χ0n) is 72.9. The van der Waals surface area contributed by atoms with Gasteiger partial charge in [-0.05, 0) is 70.2 Å². The van der Waals surface area contributed by atoms with Crippen LogP contribution in [0.1, 0.15) is 108 Å². The summed E-state index contributed by atoms with van der Waals surface area (Å²) in [7, 11) is 0. The number of guanidine groups is 2. The maximum atomic E-state index is 14.1. The van der Waals surface area contributed by atoms with Crippen molar-refractivity contribution in [1.82, 2.24) is 79.3 Å². The second-order valence-corrected chi connectivity index (χ2v) is 29.0. The van der Waals surface area contributed by atoms with E-state index < -0.39 is 72.0 Å². The van der Waals surface area contributed by atoms with Crippen LogP contribution in [0.5, 0.6) is 0 Å². The minimum absolute atomic E-state index is 0.0353. The van der Waals surface area contributed by atoms with Gasteiger partial charge in [-0.3, -0.25) is 43.3 Å². The lowest BCUT2D eigenvalue weighted by Crippen LogP contribution is -2.48. The molecule has 0 saturated carbocycles. The highest BCUT2D eigenvalue weighted by atomic mass is 19.4. The van der Waals surface area contributed by atoms with Crippen molar-refractivity contribution in [3.05, 3.63) is 214 Å². The molecule has 0 aliphatic rings. The molecule has 0 spiro atoms. The molecule has 6 aromatic rings. The van der Waals surface area contributed by atoms with E-state index >= 15 is 0 Å². The third-order valence-electron chi connectivity index (χ3n) is 18.9. The van der Waals surface area contributed by atoms with E-state index in [-0.39, 0.29) is 217 Å². The van der Waals surface area contributed by atoms with Crippen LogP contribution >= 0.6 is 0 Å². The number of aliphatic imine (C=N–C) groups is 2. The highest BCUT2D eigenvalue weighted by Crippen LogP contribution is 2.27. The normalized spacial score (nSPS) is 11.7. The Hall–Kier alpha value is -13.9. The van der Waals surface area contributed by atoms with Crippen LogP contribution in [0.2, 0.25) is 0 Å². The molecule has 712 valence electrons. The van der Waals surface area contributed by atoms with Gasteiger partial charge in [0.25, 0.3) is 0 Å². The predicted octanol–water partition coefficient (Wildman–Crippen LogP) is 1.36. The van der Waals surface area contributed by atoms with Gasteiger partial charge < -0.3 is 127 Å². The molecule has 25 N–H and O–H groups in total. The topological polar surface area (TPSA) is 606 Å². The van der Waals surface area contributed by atoms with Gasteiger partial charge in [-0.1, -0.05) is 170 Å². The Morgan fingerprint density at radius 1 is 0.344 bits per heavy atom. The summed E-state index contributed by atoms with van der Waals surface area (Å²) in [5.74, 6) is -7.29. The molecular weight excluding hydrogens is 1710 g/mol. The second-order valence-electron chi connectivity index (χ2n) is 29.0. The maximum absolute atomic E-state index is 14.1. The molecule has 0 radical (unpaired) electrons. The van der Waals surface area contributed by atoms with Gasteiger partial charge in [-0.25, -0.2) is 24.0 Å². The van der Waals surface area contributed by atoms with Gasteiger partial charge in [-0.2, -0.15) is 23.2 Å². The third-order valence-corrected chi connectivity index (χ3v) is 18.9. The van der Waals surface area contributed by atoms with Crippen LogP contribution in [-0.2, 0) is 88.3 Å². The van der Waals surface area contributed by atoms with Gasteiger partial charge in [0.1, 0.15) is 12.1 Å². The SMILES string of the molecule is NCCN(CCNC(=O)CCC(=O)NCCOCCOCCNC(=O)N=C(N)NCCC[C@@H](NC(=O)C(c1ccccc1)c1ccccc1)C(=O)NCc1ccc(CNC(N)=O)cc1)CCNC(=O)CCC(=O)NCCOCCOCCNC(=O)N=C(N)NCCC[C@@H](NC(=O)C(c1ccccc1)c1ccccc1)C(=O)NCc1ccc(CNC(N)=O)cc1.O=C(O)C(F)(F)F. The molecule has 0 heterocycles. The molecule has 0 bridgehead atoms. The second kappa shape index (κ2) is 63.1. The van der Waals surface area contributed by atoms with Crippen molar-refractivity contribution in [3.63, 3.8) is 0 Å². The predicted molar refractivity (Wildman–Crippen MR) is 480 cm³/mol. The zero-order chi connectivity index (χ0) is 95.2. The summed E-state index contributed by atoms with van der Waals surface area (Å²) >= 11 is 0. The van der Waals surface area contributed by atoms with Crippen LogP contribution in [0.25, 0.3) is 0 Å². The molecule has 0 fully saturated rings. The Morgan fingerprint density at radius 2 is 0.618 bits per heavy atom. The number of carboxylic acids is 1. The molecule has 0 aliphatic heterocycles. The lowest BCUT2D eigenvalue weighted by molar-refractivity contribution is -0.192. The first-order chi connectivity index (χ1) is 63.1. The first kappa shape index (κ1) is 108. The number of carbonyl (C=O) groups is 13. The Morgan fingerprint density at radius 3 is 0.893 bits per heavy atom. The molecule has 0 aromatic heterocycles. The van der Waals surface area contributed by atoms with Crippen molar-refractivity contribution in [2.24, 2.45) is 38.7 Å². The minimum Gasteiger partial charge on any atom is -0.475 e. The van der Waals surface area contributed by atoms with Crippen LogP contribution < -0.4 is 103 Å². The molecule has 16 amide bonds. The van der Waals surface area contributed by atoms with Crippen LogP contribution in [0.15, 0.2) is 180 Å². The Balaban J connectivity index is 0.00000416. The third kappa shape index (κ3) is 48.2. The van der Waals surface area contributed by atoms with E-state index in [1.54, 1.807) is 0 Å². The van der Waals surface area contributed by atoms with Crippen LogP contribution in [-0.4, -0.2) is 249 Å². The van der Waals surface area contributed by atoms with E-state index in [0.29, 0.717) is 39.0 Å². The van der Waals surface area contributed by atoms with Gasteiger partial charge in [-0.15, -0.1) is 0 Å². The Bertz CT molecular complexity index is 4190. The minimum atomic E-state index is -5.08. The van der Waals surface area contributed by atoms with Crippen LogP contribution in [0.3, 0.4) is 0 Å². The zero-order valence-corrected chi connectivity index (χ0v) is 72.9. The average molecular weight is 1830 g/mol. The first-order valence-corrected chi connectivity index (χ1v) is 42.5. The van der Waals surface area contributed by atoms with Crippen molar-refractivity contribution in [2.45, 2.75) is 108 Å². The van der Waals surface area contributed by atoms with Gasteiger partial charge in [0.2, 0.25) is 47.3 Å². The number of primary amides is 2. The summed E-state index contributed by atoms with van der Waals surface area (Å²) in [5, 5.41) is 45.9. The fourth-order valence-electron chi connectivity index (χ4n) is 12.3. The summed E-state index contributed by atoms with van der Waals surface area (Å²) in [6, 6.07) is 47.0. The summed E-state index contributed by atoms with van der Waals surface area (Å²) in [4.78, 5) is 171. The molecule has 40 nitrogen and oxygen atoms in total. The number of benzene rings is 6. The number of alkyl halides is 3. The highest BCUT2D eigenvalue weighted by Gasteiger charge is 2.38. The molecule has 0 unspecified atom stereocenters. The van der Waals surface area contributed by atoms with Gasteiger partial charge >= 0.3 is 36.3 Å². The van der Waals surface area contributed by atoms with Crippen LogP contribution in [0.4, 0.5) is 32.3 Å². The number of hydrogen-bond donors (Lipinski definition) is 20. The summed E-state index contributed by atoms with van der Waals surface area (Å²) in [6.07, 6.45) is -4.11. The summed E-state index contributed by atoms with van der Waals surface area (Å²) in [6.45, 7) is 5.71. The number of carboxylic acid groups (broad SMARTS) is 1. The van der Waals surface area contributed by atoms with E-state index in [1.807, 2.05) is 175 Å². The molecule has 43 heteroatoms. The average Bonchev–Trinajstić information content (AvgIpc) is 0.828. The van der Waals surface area contributed by atoms with Gasteiger partial charge in [0, 0.05) is 130 Å². The summed E-state index contributed by atoms with van der Waals surface area (Å²) in [5.41, 5.74) is 34.4. The number of carbonyl (C=O) groups excluding carboxylic acids is 12. The van der Waals surface area contributed by atoms with Crippen molar-refractivity contribution < 1.29 is 99.6 Å². The number of urea groups is 4. The number of hydrogen-bond acceptors (Lipinski definition) is 19. The van der Waals surface area contributed by atoms with Crippen molar-refractivity contribution in [3.8, 4) is 0 Å². The Kier molecular flexibility index (Phi) is 51.9. The smallest absolute Gasteiger partial charge is 0.475 e. The number of amides is 16. The van der Waals surface area contributed by atoms with Crippen molar-refractivity contribution >= 4 is 89.3 Å². The number of nitrogens with zero attached hydrogens (tertiary/aromatic N) is 3. The number of rotatable bonds is 58. The first-order valence-electron chi connectivity index (χ1n) is 42.5. The van der Waals surface area contributed by atoms with E-state index in [4.69, 9.17) is 57.5 Å². The number of nitrogens with two attached hydrogens (primary N) is 5. The van der Waals surface area contributed by atoms with E-state index in [9.17, 15) is 70.7 Å². The quantitative estimate of drug-likeness (QED) is 0.0146. The number of nitrogens with one attached hydrogen (secondary N) is 14. The lowest BCUT2D eigenvalue weighted by Gasteiger charge is -2.23. The van der Waals surface area contributed by atoms with E-state index in [0.717, 1.165) is 44.5 Å². The molecular formula is C88H121F3N22O18. The molecule has 0 aliphatic carbocycles. The van der Waals surface area contributed by atoms with Crippen molar-refractivity contribution in [1.29, 1.82) is 0 Å². The molecule has 6 rings (SSSR count). The van der Waals surface area contributed by atoms with E-state index in [1.165, 1.54) is 0 Å². The molecule has 6 aromatic carbocycles. The fraction of sp³-hybridized carbons (Fsp3) is 0.420. The van der Waals surface area contributed by atoms with Gasteiger partial charge in [0.05, 0.1) is 64.7 Å². The standard InChI is InChI=1S/C86H120N22O16.C2HF3O2/c87-37-46-108(47-40-92-71(109)33-35-73(111)94-42-49-121-53-55-123-51-44-98-85(119)106-81(88)96-38-13-23-69(77(113)100-57-61-25-29-63(30-26-61)59-102-83(90)117)104-79(115)75(65-15-5-1-6-16-65)66-17-7-2-8-18-66)48-41-93-72(110)34-36-74(112)95-43-50-122-54-56-124-52-45-99-86(120)107-82(89)97-39-14-24-70(78(114)101-58-62-27-31-64(32-28-62)60-103-84(91)118)105-80(116)76(67-19-9-3-10-20-67)68-21-11-4-12-22-68;3-2(4,5)1(6)7/h1-12,15-22,25-32,69-70,75-76H,13-14,23-24,33-60,87H2,(H,92,109)(H,93,110)(H,94,111)(H,95,112)(H,100,113)(H,101,114)(H,104,115)(H,105,116)(H3,90,102,117)(H3,91,103,118)(H4,88,96,98,106,119)(H4,89,97,99,107,120);(H,6,7)/t69-,70-;/m1./s1. The van der Waals surface area contributed by atoms with Gasteiger partial charge in [0.15, 0.2) is 11.9 Å². The molecule has 131 heavy (non-hydrogen) atoms. The lowest BCUT2D eigenvalue weighted by atomic mass is 9.90. The monoisotopic (exact) mass is 1830 g/mol. The van der Waals surface area contributed by atoms with E-state index in [2.05, 4.69) is 84.4 Å². The summed E-state index contributed by atoms with van der Waals surface area (Å²) < 4.78 is 53.8. The van der Waals surface area contributed by atoms with Crippen LogP contribution in [0, 0.1) is 0 Å². The number of aliphatic carboxylic acids is 1. The maximum Gasteiger partial charge on any atom is 0.490 e. The largest absolute Gasteiger partial charge is 0.490 e. The van der Waals surface area contributed by atoms with Crippen molar-refractivity contribution in [2.75, 3.05) is 131 Å². The Labute approximate surface area is 756 Å². The highest BCUT2D eigenvalue weighted by molar-refractivity contribution is 5.95. The number of ether oxygens (including phenoxy) is 4. The molecule has 0 saturated heterocycles. The fourth-order valence-corrected chi connectivity index (χ4v) is 12.3.